The molecular formula is C46H70N6O11. The molecule has 17 heteroatoms. The van der Waals surface area contributed by atoms with Crippen molar-refractivity contribution < 1.29 is 52.6 Å². The third-order valence-electron chi connectivity index (χ3n) is 11.3. The number of nitrogens with zero attached hydrogens (tertiary/aromatic N) is 2. The highest BCUT2D eigenvalue weighted by atomic mass is 16.6. The molecule has 9 atom stereocenters. The molecule has 1 aliphatic rings. The summed E-state index contributed by atoms with van der Waals surface area (Å²) in [6.07, 6.45) is -0.109. The quantitative estimate of drug-likeness (QED) is 0.168. The van der Waals surface area contributed by atoms with Crippen molar-refractivity contribution in [3.05, 3.63) is 59.2 Å². The lowest BCUT2D eigenvalue weighted by atomic mass is 9.90. The number of esters is 2. The summed E-state index contributed by atoms with van der Waals surface area (Å²) in [6.45, 7) is 16.4. The van der Waals surface area contributed by atoms with Crippen molar-refractivity contribution in [2.24, 2.45) is 17.8 Å². The summed E-state index contributed by atoms with van der Waals surface area (Å²) in [4.78, 5) is 112. The van der Waals surface area contributed by atoms with Crippen molar-refractivity contribution in [2.45, 2.75) is 137 Å². The molecule has 6 amide bonds. The van der Waals surface area contributed by atoms with Gasteiger partial charge in [-0.05, 0) is 64.0 Å². The van der Waals surface area contributed by atoms with E-state index in [2.05, 4.69) is 21.3 Å². The first-order chi connectivity index (χ1) is 29.6. The number of cyclic esters (lactones) is 2. The molecule has 1 unspecified atom stereocenters. The van der Waals surface area contributed by atoms with Gasteiger partial charge in [-0.15, -0.1) is 0 Å². The van der Waals surface area contributed by atoms with Crippen molar-refractivity contribution in [3.63, 3.8) is 0 Å². The van der Waals surface area contributed by atoms with E-state index in [0.29, 0.717) is 12.0 Å². The van der Waals surface area contributed by atoms with Gasteiger partial charge in [-0.1, -0.05) is 83.5 Å². The zero-order chi connectivity index (χ0) is 47.7. The minimum Gasteiger partial charge on any atom is -0.456 e. The number of carbonyl (C=O) groups is 8. The fraction of sp³-hybridized carbons (Fsp3) is 0.609. The van der Waals surface area contributed by atoms with Crippen LogP contribution in [0.25, 0.3) is 0 Å². The van der Waals surface area contributed by atoms with Gasteiger partial charge in [0, 0.05) is 45.5 Å². The van der Waals surface area contributed by atoms with Gasteiger partial charge >= 0.3 is 18.0 Å². The number of benzene rings is 1. The minimum atomic E-state index is -1.30. The van der Waals surface area contributed by atoms with Gasteiger partial charge in [0.15, 0.2) is 6.10 Å². The number of allylic oxidation sites excluding steroid dienone is 1. The highest BCUT2D eigenvalue weighted by Gasteiger charge is 2.37. The molecule has 0 aromatic heterocycles. The van der Waals surface area contributed by atoms with Crippen LogP contribution in [0.2, 0.25) is 0 Å². The van der Waals surface area contributed by atoms with Gasteiger partial charge in [0.05, 0.1) is 6.54 Å². The zero-order valence-corrected chi connectivity index (χ0v) is 39.2. The van der Waals surface area contributed by atoms with Crippen LogP contribution in [-0.2, 0) is 54.2 Å². The maximum absolute atomic E-state index is 14.2. The summed E-state index contributed by atoms with van der Waals surface area (Å²) in [6, 6.07) is 4.39. The fourth-order valence-corrected chi connectivity index (χ4v) is 6.89. The Morgan fingerprint density at radius 2 is 1.54 bits per heavy atom. The van der Waals surface area contributed by atoms with E-state index in [1.165, 1.54) is 52.9 Å². The summed E-state index contributed by atoms with van der Waals surface area (Å²) < 4.78 is 17.4. The number of hydrogen-bond donors (Lipinski definition) is 4. The second-order valence-corrected chi connectivity index (χ2v) is 16.8. The number of carbonyl (C=O) groups excluding carboxylic acids is 8. The molecule has 0 saturated carbocycles. The molecule has 1 aromatic rings. The molecule has 1 aromatic carbocycles. The Morgan fingerprint density at radius 3 is 2.11 bits per heavy atom. The number of ether oxygens (including phenoxy) is 3. The van der Waals surface area contributed by atoms with E-state index in [9.17, 15) is 38.4 Å². The largest absolute Gasteiger partial charge is 0.456 e. The highest BCUT2D eigenvalue weighted by Crippen LogP contribution is 2.26. The summed E-state index contributed by atoms with van der Waals surface area (Å²) >= 11 is 0. The predicted molar refractivity (Wildman–Crippen MR) is 236 cm³/mol. The number of likely N-dealkylation sites (N-methyl/N-ethyl adjacent to an activating group) is 2. The van der Waals surface area contributed by atoms with Crippen LogP contribution < -0.4 is 21.3 Å². The average Bonchev–Trinajstić information content (AvgIpc) is 3.25. The number of hydrogen-bond acceptors (Lipinski definition) is 11. The predicted octanol–water partition coefficient (Wildman–Crippen LogP) is 3.60. The average molecular weight is 883 g/mol. The van der Waals surface area contributed by atoms with Crippen LogP contribution in [0.4, 0.5) is 4.79 Å². The Balaban J connectivity index is 2.71. The van der Waals surface area contributed by atoms with Crippen molar-refractivity contribution in [1.29, 1.82) is 0 Å². The van der Waals surface area contributed by atoms with Crippen LogP contribution in [-0.4, -0.2) is 128 Å². The van der Waals surface area contributed by atoms with Crippen LogP contribution in [0.3, 0.4) is 0 Å². The van der Waals surface area contributed by atoms with Gasteiger partial charge in [0.2, 0.25) is 23.6 Å². The first-order valence-electron chi connectivity index (χ1n) is 21.6. The monoisotopic (exact) mass is 883 g/mol. The molecule has 0 radical (unpaired) electrons. The zero-order valence-electron chi connectivity index (χ0n) is 39.2. The minimum absolute atomic E-state index is 0.0277. The second kappa shape index (κ2) is 25.4. The standard InChI is InChI=1S/C46H70N6O11/c1-14-27(5)38-41(55)49-32(10)45(59)63-39(28(6)15-2)30(8)35(62-46(60)47-11)22-21-29(7)44(58)61-36(23-26(3)4)40(54)48-31(9)42(56)52(13)34(24-33-19-17-16-18-20-33)43(57)51(12)25-37(53)50-38/h15-21,26-27,30-32,34-36,38-39H,14,22-25H2,1-13H3,(H,47,60)(H,48,54)(H,49,55)(H,50,53)/b28-15+,29-21+/t27?,30-,31-,32+,34+,35-,36+,38-,39+/m0/s1. The summed E-state index contributed by atoms with van der Waals surface area (Å²) in [7, 11) is 4.22. The molecule has 1 heterocycles. The van der Waals surface area contributed by atoms with Crippen LogP contribution in [0.5, 0.6) is 0 Å². The smallest absolute Gasteiger partial charge is 0.407 e. The van der Waals surface area contributed by atoms with Gasteiger partial charge in [-0.3, -0.25) is 24.0 Å². The van der Waals surface area contributed by atoms with E-state index in [4.69, 9.17) is 14.2 Å². The number of amides is 6. The lowest BCUT2D eigenvalue weighted by molar-refractivity contribution is -0.155. The normalized spacial score (nSPS) is 27.6. The molecule has 0 spiro atoms. The summed E-state index contributed by atoms with van der Waals surface area (Å²) in [5.74, 6) is -6.07. The van der Waals surface area contributed by atoms with E-state index in [1.807, 2.05) is 26.8 Å². The second-order valence-electron chi connectivity index (χ2n) is 16.8. The van der Waals surface area contributed by atoms with Crippen molar-refractivity contribution >= 4 is 47.6 Å². The molecule has 4 N–H and O–H groups in total. The first-order valence-corrected chi connectivity index (χ1v) is 21.6. The van der Waals surface area contributed by atoms with Crippen LogP contribution >= 0.6 is 0 Å². The molecule has 0 fully saturated rings. The van der Waals surface area contributed by atoms with E-state index < -0.39 is 108 Å². The number of rotatable bonds is 8. The topological polar surface area (TPSA) is 219 Å². The van der Waals surface area contributed by atoms with E-state index in [-0.39, 0.29) is 30.8 Å². The van der Waals surface area contributed by atoms with Gasteiger partial charge in [-0.2, -0.15) is 0 Å². The van der Waals surface area contributed by atoms with E-state index in [1.54, 1.807) is 58.0 Å². The first kappa shape index (κ1) is 53.4. The summed E-state index contributed by atoms with van der Waals surface area (Å²) in [5.41, 5.74) is 1.44. The molecule has 63 heavy (non-hydrogen) atoms. The van der Waals surface area contributed by atoms with Crippen LogP contribution in [0.1, 0.15) is 94.1 Å². The Bertz CT molecular complexity index is 1830. The SMILES string of the molecule is C/C=C(\C)[C@H]1OC(=O)[C@@H](C)NC(=O)[C@H](C(C)CC)NC(=O)CN(C)C(=O)[C@@H](Cc2ccccc2)N(C)C(=O)[C@H](C)NC(=O)[C@@H](CC(C)C)OC(=O)/C(C)=C/C[C@H](OC(=O)NC)[C@@H]1C. The van der Waals surface area contributed by atoms with Gasteiger partial charge < -0.3 is 45.3 Å². The Kier molecular flexibility index (Phi) is 21.5. The maximum atomic E-state index is 14.2. The molecule has 0 bridgehead atoms. The Labute approximate surface area is 372 Å². The molecule has 0 aliphatic carbocycles. The van der Waals surface area contributed by atoms with E-state index in [0.717, 1.165) is 10.5 Å². The van der Waals surface area contributed by atoms with Crippen LogP contribution in [0.15, 0.2) is 53.6 Å². The molecule has 350 valence electrons. The van der Waals surface area contributed by atoms with Gasteiger partial charge in [0.25, 0.3) is 5.91 Å². The summed E-state index contributed by atoms with van der Waals surface area (Å²) in [5, 5.41) is 10.5. The van der Waals surface area contributed by atoms with Crippen molar-refractivity contribution in [2.75, 3.05) is 27.7 Å². The maximum Gasteiger partial charge on any atom is 0.407 e. The molecule has 17 nitrogen and oxygen atoms in total. The van der Waals surface area contributed by atoms with E-state index >= 15 is 0 Å². The fourth-order valence-electron chi connectivity index (χ4n) is 6.89. The lowest BCUT2D eigenvalue weighted by Crippen LogP contribution is -2.57. The third kappa shape index (κ3) is 16.2. The highest BCUT2D eigenvalue weighted by molar-refractivity contribution is 5.96. The Hall–Kier alpha value is -5.74. The van der Waals surface area contributed by atoms with Gasteiger partial charge in [0.1, 0.15) is 36.4 Å². The molecular weight excluding hydrogens is 813 g/mol. The molecule has 1 aliphatic heterocycles. The van der Waals surface area contributed by atoms with Gasteiger partial charge in [-0.25, -0.2) is 14.4 Å². The Morgan fingerprint density at radius 1 is 0.921 bits per heavy atom. The third-order valence-corrected chi connectivity index (χ3v) is 11.3. The number of nitrogens with one attached hydrogen (secondary N) is 4. The van der Waals surface area contributed by atoms with Crippen LogP contribution in [0, 0.1) is 17.8 Å². The number of alkyl carbamates (subject to hydrolysis) is 1. The molecule has 0 saturated heterocycles. The van der Waals surface area contributed by atoms with Crippen molar-refractivity contribution in [1.82, 2.24) is 31.1 Å². The molecule has 2 rings (SSSR count). The lowest BCUT2D eigenvalue weighted by Gasteiger charge is -2.33. The van der Waals surface area contributed by atoms with Crippen molar-refractivity contribution in [3.8, 4) is 0 Å².